The summed E-state index contributed by atoms with van der Waals surface area (Å²) in [5, 5.41) is 11.5. The number of amides is 1. The van der Waals surface area contributed by atoms with Gasteiger partial charge in [-0.25, -0.2) is 0 Å². The first kappa shape index (κ1) is 21.5. The maximum atomic E-state index is 12.7. The lowest BCUT2D eigenvalue weighted by Gasteiger charge is -2.39. The zero-order chi connectivity index (χ0) is 20.6. The smallest absolute Gasteiger partial charge is 0.239 e. The third-order valence-corrected chi connectivity index (χ3v) is 5.89. The minimum Gasteiger partial charge on any atom is -0.357 e. The average Bonchev–Trinajstić information content (AvgIpc) is 3.44. The summed E-state index contributed by atoms with van der Waals surface area (Å²) in [4.78, 5) is 24.1. The second-order valence-corrected chi connectivity index (χ2v) is 7.76. The molecule has 0 aromatic carbocycles. The molecule has 2 aliphatic heterocycles. The lowest BCUT2D eigenvalue weighted by molar-refractivity contribution is -0.135. The molecule has 2 aliphatic rings. The van der Waals surface area contributed by atoms with Gasteiger partial charge in [-0.1, -0.05) is 6.92 Å². The van der Waals surface area contributed by atoms with Crippen molar-refractivity contribution in [1.29, 1.82) is 0 Å². The van der Waals surface area contributed by atoms with Crippen molar-refractivity contribution in [2.45, 2.75) is 52.6 Å². The van der Waals surface area contributed by atoms with Crippen LogP contribution in [0.25, 0.3) is 0 Å². The quantitative estimate of drug-likeness (QED) is 0.524. The molecule has 3 heterocycles. The SMILES string of the molecule is CCNC(=NCCn1cnnc1CC)N1CCN(C(C)C(=O)N2CCCC2)CC1. The molecule has 1 amide bonds. The molecule has 9 nitrogen and oxygen atoms in total. The third kappa shape index (κ3) is 5.46. The summed E-state index contributed by atoms with van der Waals surface area (Å²) in [6.45, 7) is 13.9. The van der Waals surface area contributed by atoms with Crippen LogP contribution in [0.2, 0.25) is 0 Å². The van der Waals surface area contributed by atoms with Gasteiger partial charge in [0.15, 0.2) is 5.96 Å². The Balaban J connectivity index is 1.51. The minimum atomic E-state index is -0.0315. The monoisotopic (exact) mass is 404 g/mol. The average molecular weight is 405 g/mol. The normalized spacial score (nSPS) is 19.6. The Bertz CT molecular complexity index is 674. The third-order valence-electron chi connectivity index (χ3n) is 5.89. The molecule has 1 unspecified atom stereocenters. The number of carbonyl (C=O) groups is 1. The fourth-order valence-corrected chi connectivity index (χ4v) is 4.11. The highest BCUT2D eigenvalue weighted by molar-refractivity contribution is 5.82. The Morgan fingerprint density at radius 2 is 1.86 bits per heavy atom. The molecule has 1 N–H and O–H groups in total. The van der Waals surface area contributed by atoms with Crippen LogP contribution in [0, 0.1) is 0 Å². The van der Waals surface area contributed by atoms with Crippen LogP contribution in [-0.4, -0.2) is 99.7 Å². The van der Waals surface area contributed by atoms with Crippen molar-refractivity contribution in [2.75, 3.05) is 52.4 Å². The Labute approximate surface area is 174 Å². The van der Waals surface area contributed by atoms with Gasteiger partial charge in [0.2, 0.25) is 5.91 Å². The number of likely N-dealkylation sites (tertiary alicyclic amines) is 1. The van der Waals surface area contributed by atoms with Crippen LogP contribution >= 0.6 is 0 Å². The van der Waals surface area contributed by atoms with Crippen LogP contribution in [0.1, 0.15) is 39.4 Å². The highest BCUT2D eigenvalue weighted by Gasteiger charge is 2.30. The van der Waals surface area contributed by atoms with E-state index in [1.54, 1.807) is 6.33 Å². The van der Waals surface area contributed by atoms with E-state index in [0.717, 1.165) is 83.4 Å². The van der Waals surface area contributed by atoms with Gasteiger partial charge in [0.05, 0.1) is 12.6 Å². The van der Waals surface area contributed by atoms with Gasteiger partial charge in [-0.15, -0.1) is 10.2 Å². The number of hydrogen-bond acceptors (Lipinski definition) is 5. The summed E-state index contributed by atoms with van der Waals surface area (Å²) in [6, 6.07) is -0.0315. The number of piperazine rings is 1. The van der Waals surface area contributed by atoms with Crippen LogP contribution in [0.4, 0.5) is 0 Å². The molecule has 2 saturated heterocycles. The number of aryl methyl sites for hydroxylation is 1. The second-order valence-electron chi connectivity index (χ2n) is 7.76. The lowest BCUT2D eigenvalue weighted by Crippen LogP contribution is -2.57. The number of aromatic nitrogens is 3. The van der Waals surface area contributed by atoms with Crippen LogP contribution in [0.5, 0.6) is 0 Å². The fourth-order valence-electron chi connectivity index (χ4n) is 4.11. The second kappa shape index (κ2) is 10.6. The van der Waals surface area contributed by atoms with E-state index in [2.05, 4.69) is 50.7 Å². The lowest BCUT2D eigenvalue weighted by atomic mass is 10.2. The van der Waals surface area contributed by atoms with E-state index < -0.39 is 0 Å². The summed E-state index contributed by atoms with van der Waals surface area (Å²) in [5.41, 5.74) is 0. The summed E-state index contributed by atoms with van der Waals surface area (Å²) < 4.78 is 2.07. The first-order valence-electron chi connectivity index (χ1n) is 11.1. The number of hydrogen-bond donors (Lipinski definition) is 1. The molecule has 0 radical (unpaired) electrons. The maximum absolute atomic E-state index is 12.7. The van der Waals surface area contributed by atoms with Gasteiger partial charge in [0.25, 0.3) is 0 Å². The highest BCUT2D eigenvalue weighted by atomic mass is 16.2. The summed E-state index contributed by atoms with van der Waals surface area (Å²) in [7, 11) is 0. The Morgan fingerprint density at radius 3 is 2.52 bits per heavy atom. The van der Waals surface area contributed by atoms with E-state index in [1.807, 2.05) is 4.90 Å². The number of nitrogens with one attached hydrogen (secondary N) is 1. The van der Waals surface area contributed by atoms with E-state index in [-0.39, 0.29) is 11.9 Å². The Kier molecular flexibility index (Phi) is 7.85. The fraction of sp³-hybridized carbons (Fsp3) is 0.800. The molecule has 2 fully saturated rings. The molecule has 1 aromatic heterocycles. The van der Waals surface area contributed by atoms with E-state index >= 15 is 0 Å². The largest absolute Gasteiger partial charge is 0.357 e. The van der Waals surface area contributed by atoms with Crippen LogP contribution < -0.4 is 5.32 Å². The van der Waals surface area contributed by atoms with E-state index in [0.29, 0.717) is 6.54 Å². The topological polar surface area (TPSA) is 81.9 Å². The van der Waals surface area contributed by atoms with Crippen molar-refractivity contribution < 1.29 is 4.79 Å². The molecule has 29 heavy (non-hydrogen) atoms. The van der Waals surface area contributed by atoms with Crippen molar-refractivity contribution >= 4 is 11.9 Å². The van der Waals surface area contributed by atoms with Gasteiger partial charge >= 0.3 is 0 Å². The van der Waals surface area contributed by atoms with E-state index in [9.17, 15) is 4.79 Å². The first-order valence-corrected chi connectivity index (χ1v) is 11.1. The number of nitrogens with zero attached hydrogens (tertiary/aromatic N) is 7. The van der Waals surface area contributed by atoms with Gasteiger partial charge in [-0.05, 0) is 26.7 Å². The van der Waals surface area contributed by atoms with Crippen LogP contribution in [-0.2, 0) is 17.8 Å². The summed E-state index contributed by atoms with van der Waals surface area (Å²) in [5.74, 6) is 2.24. The summed E-state index contributed by atoms with van der Waals surface area (Å²) in [6.07, 6.45) is 4.94. The molecule has 0 saturated carbocycles. The number of carbonyl (C=O) groups excluding carboxylic acids is 1. The van der Waals surface area contributed by atoms with Crippen LogP contribution in [0.3, 0.4) is 0 Å². The molecule has 0 bridgehead atoms. The molecule has 162 valence electrons. The zero-order valence-electron chi connectivity index (χ0n) is 18.2. The van der Waals surface area contributed by atoms with E-state index in [1.165, 1.54) is 0 Å². The Morgan fingerprint density at radius 1 is 1.14 bits per heavy atom. The van der Waals surface area contributed by atoms with Gasteiger partial charge < -0.3 is 19.7 Å². The van der Waals surface area contributed by atoms with Gasteiger partial charge in [0.1, 0.15) is 12.2 Å². The van der Waals surface area contributed by atoms with E-state index in [4.69, 9.17) is 4.99 Å². The first-order chi connectivity index (χ1) is 14.1. The number of rotatable bonds is 7. The maximum Gasteiger partial charge on any atom is 0.239 e. The molecule has 1 aromatic rings. The zero-order valence-corrected chi connectivity index (χ0v) is 18.2. The van der Waals surface area contributed by atoms with Crippen molar-refractivity contribution in [3.8, 4) is 0 Å². The molecular weight excluding hydrogens is 368 g/mol. The minimum absolute atomic E-state index is 0.0315. The number of aliphatic imine (C=N–C) groups is 1. The van der Waals surface area contributed by atoms with Crippen molar-refractivity contribution in [2.24, 2.45) is 4.99 Å². The molecule has 0 aliphatic carbocycles. The molecule has 1 atom stereocenters. The predicted octanol–water partition coefficient (Wildman–Crippen LogP) is 0.435. The Hall–Kier alpha value is -2.16. The van der Waals surface area contributed by atoms with Crippen molar-refractivity contribution in [1.82, 2.24) is 34.8 Å². The molecule has 3 rings (SSSR count). The van der Waals surface area contributed by atoms with Crippen LogP contribution in [0.15, 0.2) is 11.3 Å². The van der Waals surface area contributed by atoms with Crippen molar-refractivity contribution in [3.63, 3.8) is 0 Å². The van der Waals surface area contributed by atoms with Gasteiger partial charge in [0, 0.05) is 58.8 Å². The summed E-state index contributed by atoms with van der Waals surface area (Å²) >= 11 is 0. The van der Waals surface area contributed by atoms with Crippen molar-refractivity contribution in [3.05, 3.63) is 12.2 Å². The molecule has 9 heteroatoms. The standard InChI is InChI=1S/C20H36N8O/c1-4-18-24-23-16-28(18)11-8-22-20(21-5-2)27-14-12-25(13-15-27)17(3)19(29)26-9-6-7-10-26/h16-17H,4-15H2,1-3H3,(H,21,22). The molecule has 0 spiro atoms. The predicted molar refractivity (Wildman–Crippen MR) is 114 cm³/mol. The highest BCUT2D eigenvalue weighted by Crippen LogP contribution is 2.14. The van der Waals surface area contributed by atoms with Gasteiger partial charge in [-0.3, -0.25) is 14.7 Å². The van der Waals surface area contributed by atoms with Gasteiger partial charge in [-0.2, -0.15) is 0 Å². The molecular formula is C20H36N8O. The number of guanidine groups is 1.